The molecule has 134 valence electrons. The van der Waals surface area contributed by atoms with Crippen LogP contribution in [0, 0.1) is 18.7 Å². The summed E-state index contributed by atoms with van der Waals surface area (Å²) in [6, 6.07) is 11.4. The smallest absolute Gasteiger partial charge is 0.230 e. The molecule has 0 saturated heterocycles. The number of halogens is 1. The van der Waals surface area contributed by atoms with Crippen molar-refractivity contribution in [1.29, 1.82) is 0 Å². The first-order valence-electron chi connectivity index (χ1n) is 8.49. The lowest BCUT2D eigenvalue weighted by Gasteiger charge is -2.08. The first kappa shape index (κ1) is 17.9. The minimum Gasteiger partial charge on any atom is -0.450 e. The number of nitrogens with one attached hydrogen (secondary N) is 1. The van der Waals surface area contributed by atoms with Gasteiger partial charge in [-0.3, -0.25) is 9.59 Å². The Balaban J connectivity index is 2.06. The molecule has 1 aromatic heterocycles. The van der Waals surface area contributed by atoms with Gasteiger partial charge in [0.1, 0.15) is 11.4 Å². The van der Waals surface area contributed by atoms with Crippen molar-refractivity contribution in [3.63, 3.8) is 0 Å². The highest BCUT2D eigenvalue weighted by Crippen LogP contribution is 2.33. The number of benzene rings is 2. The fourth-order valence-corrected chi connectivity index (χ4v) is 2.76. The van der Waals surface area contributed by atoms with Crippen molar-refractivity contribution in [3.8, 4) is 0 Å². The fraction of sp³-hybridized carbons (Fsp3) is 0.238. The number of ketones is 1. The van der Waals surface area contributed by atoms with Crippen LogP contribution in [0.4, 0.5) is 10.1 Å². The molecule has 0 fully saturated rings. The van der Waals surface area contributed by atoms with Crippen LogP contribution in [-0.2, 0) is 4.79 Å². The van der Waals surface area contributed by atoms with Gasteiger partial charge < -0.3 is 9.73 Å². The summed E-state index contributed by atoms with van der Waals surface area (Å²) >= 11 is 0. The number of carbonyl (C=O) groups is 2. The van der Waals surface area contributed by atoms with E-state index in [9.17, 15) is 14.0 Å². The molecular formula is C21H20FNO3. The van der Waals surface area contributed by atoms with Gasteiger partial charge in [0.05, 0.1) is 5.69 Å². The summed E-state index contributed by atoms with van der Waals surface area (Å²) in [5.41, 5.74) is 1.45. The van der Waals surface area contributed by atoms with E-state index in [-0.39, 0.29) is 23.1 Å². The van der Waals surface area contributed by atoms with E-state index in [4.69, 9.17) is 4.42 Å². The highest BCUT2D eigenvalue weighted by Gasteiger charge is 2.24. The molecule has 3 rings (SSSR count). The van der Waals surface area contributed by atoms with E-state index in [2.05, 4.69) is 5.32 Å². The van der Waals surface area contributed by atoms with Gasteiger partial charge in [-0.05, 0) is 36.6 Å². The highest BCUT2D eigenvalue weighted by molar-refractivity contribution is 6.17. The molecule has 0 atom stereocenters. The lowest BCUT2D eigenvalue weighted by Crippen LogP contribution is -2.16. The molecule has 1 heterocycles. The van der Waals surface area contributed by atoms with Gasteiger partial charge in [-0.15, -0.1) is 0 Å². The Bertz CT molecular complexity index is 988. The third-order valence-electron chi connectivity index (χ3n) is 4.09. The van der Waals surface area contributed by atoms with Crippen LogP contribution in [0.1, 0.15) is 41.9 Å². The topological polar surface area (TPSA) is 59.3 Å². The molecule has 4 nitrogen and oxygen atoms in total. The second-order valence-electron chi connectivity index (χ2n) is 6.74. The molecule has 0 unspecified atom stereocenters. The summed E-state index contributed by atoms with van der Waals surface area (Å²) in [6.45, 7) is 5.50. The third kappa shape index (κ3) is 3.52. The Morgan fingerprint density at radius 3 is 2.58 bits per heavy atom. The van der Waals surface area contributed by atoms with Crippen LogP contribution >= 0.6 is 0 Å². The average Bonchev–Trinajstić information content (AvgIpc) is 2.94. The van der Waals surface area contributed by atoms with E-state index in [0.717, 1.165) is 0 Å². The first-order chi connectivity index (χ1) is 12.4. The lowest BCUT2D eigenvalue weighted by atomic mass is 10.0. The quantitative estimate of drug-likeness (QED) is 0.650. The molecule has 1 amide bonds. The van der Waals surface area contributed by atoms with Crippen molar-refractivity contribution < 1.29 is 18.4 Å². The molecule has 0 aliphatic carbocycles. The summed E-state index contributed by atoms with van der Waals surface area (Å²) in [4.78, 5) is 25.1. The van der Waals surface area contributed by atoms with Gasteiger partial charge in [-0.1, -0.05) is 38.1 Å². The van der Waals surface area contributed by atoms with Crippen molar-refractivity contribution in [2.24, 2.45) is 5.92 Å². The van der Waals surface area contributed by atoms with Crippen LogP contribution < -0.4 is 5.32 Å². The average molecular weight is 353 g/mol. The minimum atomic E-state index is -0.472. The maximum absolute atomic E-state index is 13.9. The number of carbonyl (C=O) groups excluding carboxylic acids is 2. The van der Waals surface area contributed by atoms with E-state index in [1.165, 1.54) is 6.07 Å². The first-order valence-corrected chi connectivity index (χ1v) is 8.49. The van der Waals surface area contributed by atoms with Crippen LogP contribution in [0.15, 0.2) is 46.9 Å². The van der Waals surface area contributed by atoms with Gasteiger partial charge in [0.15, 0.2) is 5.76 Å². The van der Waals surface area contributed by atoms with Crippen molar-refractivity contribution in [3.05, 3.63) is 65.2 Å². The maximum atomic E-state index is 13.9. The predicted octanol–water partition coefficient (Wildman–Crippen LogP) is 5.10. The van der Waals surface area contributed by atoms with Crippen LogP contribution in [-0.4, -0.2) is 11.7 Å². The number of rotatable bonds is 5. The highest BCUT2D eigenvalue weighted by atomic mass is 19.1. The summed E-state index contributed by atoms with van der Waals surface area (Å²) in [5.74, 6) is -0.946. The number of furan rings is 1. The van der Waals surface area contributed by atoms with Gasteiger partial charge in [0.2, 0.25) is 11.7 Å². The van der Waals surface area contributed by atoms with Gasteiger partial charge >= 0.3 is 0 Å². The van der Waals surface area contributed by atoms with E-state index in [0.29, 0.717) is 28.6 Å². The summed E-state index contributed by atoms with van der Waals surface area (Å²) in [6.07, 6.45) is 0.326. The summed E-state index contributed by atoms with van der Waals surface area (Å²) in [5, 5.41) is 3.43. The molecule has 5 heteroatoms. The fourth-order valence-electron chi connectivity index (χ4n) is 2.76. The second-order valence-corrected chi connectivity index (χ2v) is 6.74. The molecule has 3 aromatic rings. The molecule has 26 heavy (non-hydrogen) atoms. The number of hydrogen-bond acceptors (Lipinski definition) is 3. The van der Waals surface area contributed by atoms with Crippen molar-refractivity contribution >= 4 is 28.3 Å². The van der Waals surface area contributed by atoms with Crippen molar-refractivity contribution in [2.45, 2.75) is 27.2 Å². The summed E-state index contributed by atoms with van der Waals surface area (Å²) < 4.78 is 19.6. The van der Waals surface area contributed by atoms with Crippen LogP contribution in [0.5, 0.6) is 0 Å². The normalized spacial score (nSPS) is 11.1. The molecule has 0 radical (unpaired) electrons. The molecular weight excluding hydrogens is 333 g/mol. The Labute approximate surface area is 151 Å². The van der Waals surface area contributed by atoms with Crippen molar-refractivity contribution in [1.82, 2.24) is 0 Å². The lowest BCUT2D eigenvalue weighted by molar-refractivity contribution is -0.116. The predicted molar refractivity (Wildman–Crippen MR) is 98.9 cm³/mol. The van der Waals surface area contributed by atoms with E-state index in [1.54, 1.807) is 43.3 Å². The number of fused-ring (bicyclic) bond motifs is 1. The maximum Gasteiger partial charge on any atom is 0.230 e. The van der Waals surface area contributed by atoms with Crippen LogP contribution in [0.2, 0.25) is 0 Å². The Morgan fingerprint density at radius 1 is 1.15 bits per heavy atom. The van der Waals surface area contributed by atoms with E-state index >= 15 is 0 Å². The Morgan fingerprint density at radius 2 is 1.88 bits per heavy atom. The zero-order valence-corrected chi connectivity index (χ0v) is 14.9. The summed E-state index contributed by atoms with van der Waals surface area (Å²) in [7, 11) is 0. The van der Waals surface area contributed by atoms with Crippen molar-refractivity contribution in [2.75, 3.05) is 5.32 Å². The van der Waals surface area contributed by atoms with E-state index in [1.807, 2.05) is 13.8 Å². The van der Waals surface area contributed by atoms with Gasteiger partial charge in [-0.2, -0.15) is 0 Å². The zero-order chi connectivity index (χ0) is 18.8. The number of amides is 1. The molecule has 1 N–H and O–H groups in total. The standard InChI is InChI=1S/C21H20FNO3/c1-12(2)10-18(24)23-19-15-6-4-5-7-17(15)26-21(19)20(25)14-9-8-13(3)16(22)11-14/h4-9,11-12H,10H2,1-3H3,(H,23,24). The van der Waals surface area contributed by atoms with Gasteiger partial charge in [-0.25, -0.2) is 4.39 Å². The number of hydrogen-bond donors (Lipinski definition) is 1. The third-order valence-corrected chi connectivity index (χ3v) is 4.09. The zero-order valence-electron chi connectivity index (χ0n) is 14.9. The Kier molecular flexibility index (Phi) is 4.89. The van der Waals surface area contributed by atoms with Crippen LogP contribution in [0.3, 0.4) is 0 Å². The molecule has 0 bridgehead atoms. The Hall–Kier alpha value is -2.95. The number of para-hydroxylation sites is 1. The molecule has 2 aromatic carbocycles. The second kappa shape index (κ2) is 7.12. The largest absolute Gasteiger partial charge is 0.450 e. The van der Waals surface area contributed by atoms with Gasteiger partial charge in [0.25, 0.3) is 0 Å². The van der Waals surface area contributed by atoms with Gasteiger partial charge in [0, 0.05) is 17.4 Å². The van der Waals surface area contributed by atoms with Crippen LogP contribution in [0.25, 0.3) is 11.0 Å². The number of anilines is 1. The number of aryl methyl sites for hydroxylation is 1. The minimum absolute atomic E-state index is 0.00607. The SMILES string of the molecule is Cc1ccc(C(=O)c2oc3ccccc3c2NC(=O)CC(C)C)cc1F. The molecule has 0 aliphatic rings. The monoisotopic (exact) mass is 353 g/mol. The molecule has 0 saturated carbocycles. The van der Waals surface area contributed by atoms with E-state index < -0.39 is 11.6 Å². The molecule has 0 aliphatic heterocycles. The molecule has 0 spiro atoms.